The second-order valence-electron chi connectivity index (χ2n) is 5.15. The Kier molecular flexibility index (Phi) is 4.98. The molecular weight excluding hydrogens is 290 g/mol. The number of rotatable bonds is 5. The molecule has 21 heavy (non-hydrogen) atoms. The minimum atomic E-state index is -0.562. The summed E-state index contributed by atoms with van der Waals surface area (Å²) in [6.07, 6.45) is 2.52. The molecule has 1 aromatic heterocycles. The van der Waals surface area contributed by atoms with Crippen LogP contribution in [0.5, 0.6) is 0 Å². The number of aliphatic hydroxyl groups is 1. The molecule has 5 nitrogen and oxygen atoms in total. The predicted octanol–water partition coefficient (Wildman–Crippen LogP) is 2.27. The van der Waals surface area contributed by atoms with Crippen LogP contribution in [0.1, 0.15) is 24.2 Å². The zero-order chi connectivity index (χ0) is 15.4. The molecule has 0 aliphatic heterocycles. The highest BCUT2D eigenvalue weighted by atomic mass is 35.5. The van der Waals surface area contributed by atoms with Gasteiger partial charge in [0.2, 0.25) is 0 Å². The summed E-state index contributed by atoms with van der Waals surface area (Å²) in [4.78, 5) is 12.0. The molecule has 112 valence electrons. The first-order valence-electron chi connectivity index (χ1n) is 6.75. The van der Waals surface area contributed by atoms with Gasteiger partial charge in [0.05, 0.1) is 28.6 Å². The van der Waals surface area contributed by atoms with Crippen molar-refractivity contribution in [3.05, 3.63) is 47.2 Å². The van der Waals surface area contributed by atoms with Crippen LogP contribution in [0.2, 0.25) is 5.02 Å². The quantitative estimate of drug-likeness (QED) is 0.890. The maximum absolute atomic E-state index is 12.0. The van der Waals surface area contributed by atoms with Crippen molar-refractivity contribution in [2.75, 3.05) is 6.54 Å². The zero-order valence-electron chi connectivity index (χ0n) is 12.0. The summed E-state index contributed by atoms with van der Waals surface area (Å²) in [5.41, 5.74) is 1.13. The average Bonchev–Trinajstić information content (AvgIpc) is 2.94. The highest BCUT2D eigenvalue weighted by molar-refractivity contribution is 6.32. The number of hydrogen-bond acceptors (Lipinski definition) is 3. The van der Waals surface area contributed by atoms with Crippen LogP contribution in [0.4, 0.5) is 0 Å². The van der Waals surface area contributed by atoms with Crippen molar-refractivity contribution >= 4 is 17.5 Å². The molecule has 0 aliphatic rings. The van der Waals surface area contributed by atoms with Gasteiger partial charge in [0, 0.05) is 12.7 Å². The number of halogens is 1. The van der Waals surface area contributed by atoms with Crippen LogP contribution in [0, 0.1) is 5.92 Å². The highest BCUT2D eigenvalue weighted by Gasteiger charge is 2.14. The number of carbonyl (C=O) groups excluding carboxylic acids is 1. The van der Waals surface area contributed by atoms with Gasteiger partial charge in [-0.3, -0.25) is 4.79 Å². The molecule has 0 aliphatic carbocycles. The van der Waals surface area contributed by atoms with E-state index in [1.165, 1.54) is 6.20 Å². The summed E-state index contributed by atoms with van der Waals surface area (Å²) in [7, 11) is 0. The molecule has 6 heteroatoms. The first-order chi connectivity index (χ1) is 9.99. The van der Waals surface area contributed by atoms with Gasteiger partial charge < -0.3 is 10.4 Å². The minimum Gasteiger partial charge on any atom is -0.391 e. The van der Waals surface area contributed by atoms with E-state index < -0.39 is 6.10 Å². The number of hydrogen-bond donors (Lipinski definition) is 2. The molecule has 1 unspecified atom stereocenters. The Morgan fingerprint density at radius 1 is 1.43 bits per heavy atom. The Hall–Kier alpha value is -1.85. The number of benzene rings is 1. The lowest BCUT2D eigenvalue weighted by Crippen LogP contribution is -2.34. The molecule has 0 radical (unpaired) electrons. The number of carbonyl (C=O) groups is 1. The zero-order valence-corrected chi connectivity index (χ0v) is 12.7. The number of nitrogens with one attached hydrogen (secondary N) is 1. The maximum Gasteiger partial charge on any atom is 0.254 e. The molecule has 2 N–H and O–H groups in total. The Morgan fingerprint density at radius 2 is 2.14 bits per heavy atom. The first-order valence-corrected chi connectivity index (χ1v) is 7.12. The van der Waals surface area contributed by atoms with E-state index in [0.717, 1.165) is 0 Å². The molecule has 0 fully saturated rings. The largest absolute Gasteiger partial charge is 0.391 e. The third kappa shape index (κ3) is 3.83. The fraction of sp³-hybridized carbons (Fsp3) is 0.333. The van der Waals surface area contributed by atoms with Crippen molar-refractivity contribution in [2.45, 2.75) is 20.0 Å². The van der Waals surface area contributed by atoms with Crippen molar-refractivity contribution in [3.8, 4) is 5.69 Å². The average molecular weight is 308 g/mol. The first kappa shape index (κ1) is 15.5. The maximum atomic E-state index is 12.0. The second-order valence-corrected chi connectivity index (χ2v) is 5.55. The van der Waals surface area contributed by atoms with Gasteiger partial charge in [-0.25, -0.2) is 4.68 Å². The number of aromatic nitrogens is 2. The third-order valence-corrected chi connectivity index (χ3v) is 3.50. The molecule has 0 saturated heterocycles. The predicted molar refractivity (Wildman–Crippen MR) is 81.8 cm³/mol. The van der Waals surface area contributed by atoms with Gasteiger partial charge in [-0.2, -0.15) is 5.10 Å². The number of aliphatic hydroxyl groups excluding tert-OH is 1. The van der Waals surface area contributed by atoms with Crippen LogP contribution in [0.25, 0.3) is 5.69 Å². The molecule has 1 aromatic carbocycles. The number of para-hydroxylation sites is 1. The van der Waals surface area contributed by atoms with Crippen LogP contribution in [-0.2, 0) is 0 Å². The minimum absolute atomic E-state index is 0.0937. The SMILES string of the molecule is CC(C)C(O)CNC(=O)c1cnn(-c2ccccc2Cl)c1. The van der Waals surface area contributed by atoms with Gasteiger partial charge in [-0.05, 0) is 18.1 Å². The standard InChI is InChI=1S/C15H18ClN3O2/c1-10(2)14(20)8-17-15(21)11-7-18-19(9-11)13-6-4-3-5-12(13)16/h3-7,9-10,14,20H,8H2,1-2H3,(H,17,21). The van der Waals surface area contributed by atoms with Gasteiger partial charge in [-0.1, -0.05) is 37.6 Å². The van der Waals surface area contributed by atoms with Gasteiger partial charge >= 0.3 is 0 Å². The van der Waals surface area contributed by atoms with Gasteiger partial charge in [0.1, 0.15) is 0 Å². The van der Waals surface area contributed by atoms with E-state index in [1.54, 1.807) is 16.9 Å². The van der Waals surface area contributed by atoms with Gasteiger partial charge in [0.15, 0.2) is 0 Å². The molecule has 0 spiro atoms. The smallest absolute Gasteiger partial charge is 0.254 e. The number of nitrogens with zero attached hydrogens (tertiary/aromatic N) is 2. The Bertz CT molecular complexity index is 625. The van der Waals surface area contributed by atoms with Crippen molar-refractivity contribution in [1.29, 1.82) is 0 Å². The fourth-order valence-electron chi connectivity index (χ4n) is 1.74. The van der Waals surface area contributed by atoms with E-state index >= 15 is 0 Å². The molecule has 2 aromatic rings. The lowest BCUT2D eigenvalue weighted by molar-refractivity contribution is 0.0871. The third-order valence-electron chi connectivity index (χ3n) is 3.19. The van der Waals surface area contributed by atoms with E-state index in [1.807, 2.05) is 32.0 Å². The second kappa shape index (κ2) is 6.74. The summed E-state index contributed by atoms with van der Waals surface area (Å²) >= 11 is 6.09. The Morgan fingerprint density at radius 3 is 2.81 bits per heavy atom. The Balaban J connectivity index is 2.06. The molecule has 0 bridgehead atoms. The lowest BCUT2D eigenvalue weighted by Gasteiger charge is -2.14. The van der Waals surface area contributed by atoms with Gasteiger partial charge in [-0.15, -0.1) is 0 Å². The normalized spacial score (nSPS) is 12.4. The molecule has 1 atom stereocenters. The van der Waals surface area contributed by atoms with E-state index in [-0.39, 0.29) is 18.4 Å². The van der Waals surface area contributed by atoms with Crippen molar-refractivity contribution in [3.63, 3.8) is 0 Å². The van der Waals surface area contributed by atoms with E-state index in [4.69, 9.17) is 11.6 Å². The van der Waals surface area contributed by atoms with Crippen LogP contribution < -0.4 is 5.32 Å². The van der Waals surface area contributed by atoms with Crippen molar-refractivity contribution < 1.29 is 9.90 Å². The van der Waals surface area contributed by atoms with Crippen LogP contribution in [0.3, 0.4) is 0 Å². The molecular formula is C15H18ClN3O2. The molecule has 0 saturated carbocycles. The summed E-state index contributed by atoms with van der Waals surface area (Å²) in [5, 5.41) is 17.1. The van der Waals surface area contributed by atoms with Crippen LogP contribution in [-0.4, -0.2) is 33.4 Å². The summed E-state index contributed by atoms with van der Waals surface area (Å²) in [6, 6.07) is 7.26. The lowest BCUT2D eigenvalue weighted by atomic mass is 10.1. The van der Waals surface area contributed by atoms with E-state index in [9.17, 15) is 9.90 Å². The van der Waals surface area contributed by atoms with Crippen LogP contribution >= 0.6 is 11.6 Å². The van der Waals surface area contributed by atoms with Gasteiger partial charge in [0.25, 0.3) is 5.91 Å². The van der Waals surface area contributed by atoms with E-state index in [2.05, 4.69) is 10.4 Å². The molecule has 1 heterocycles. The fourth-order valence-corrected chi connectivity index (χ4v) is 1.97. The molecule has 2 rings (SSSR count). The topological polar surface area (TPSA) is 67.2 Å². The monoisotopic (exact) mass is 307 g/mol. The summed E-state index contributed by atoms with van der Waals surface area (Å²) < 4.78 is 1.55. The Labute approximate surface area is 128 Å². The van der Waals surface area contributed by atoms with E-state index in [0.29, 0.717) is 16.3 Å². The molecule has 1 amide bonds. The van der Waals surface area contributed by atoms with Crippen molar-refractivity contribution in [2.24, 2.45) is 5.92 Å². The summed E-state index contributed by atoms with van der Waals surface area (Å²) in [6.45, 7) is 4.01. The number of amides is 1. The highest BCUT2D eigenvalue weighted by Crippen LogP contribution is 2.19. The van der Waals surface area contributed by atoms with Crippen LogP contribution in [0.15, 0.2) is 36.7 Å². The van der Waals surface area contributed by atoms with Crippen molar-refractivity contribution in [1.82, 2.24) is 15.1 Å². The summed E-state index contributed by atoms with van der Waals surface area (Å²) in [5.74, 6) is -0.177.